The summed E-state index contributed by atoms with van der Waals surface area (Å²) in [5.41, 5.74) is 0.922. The second-order valence-electron chi connectivity index (χ2n) is 5.67. The molecule has 1 N–H and O–H groups in total. The Bertz CT molecular complexity index is 430. The van der Waals surface area contributed by atoms with E-state index in [1.807, 2.05) is 7.05 Å². The van der Waals surface area contributed by atoms with E-state index in [1.165, 1.54) is 31.7 Å². The number of nitrogens with one attached hydrogen (secondary N) is 1. The van der Waals surface area contributed by atoms with E-state index < -0.39 is 0 Å². The Morgan fingerprint density at radius 1 is 1.30 bits per heavy atom. The fraction of sp³-hybridized carbons (Fsp3) is 0.625. The molecule has 0 radical (unpaired) electrons. The van der Waals surface area contributed by atoms with E-state index in [-0.39, 0.29) is 5.82 Å². The van der Waals surface area contributed by atoms with Crippen molar-refractivity contribution in [3.05, 3.63) is 29.6 Å². The lowest BCUT2D eigenvalue weighted by molar-refractivity contribution is 0.168. The highest BCUT2D eigenvalue weighted by Crippen LogP contribution is 2.26. The van der Waals surface area contributed by atoms with Gasteiger partial charge in [0, 0.05) is 24.2 Å². The maximum atomic E-state index is 13.4. The van der Waals surface area contributed by atoms with Crippen LogP contribution in [0.5, 0.6) is 5.75 Å². The molecule has 0 amide bonds. The molecular weight excluding hydrogens is 255 g/mol. The minimum absolute atomic E-state index is 0.201. The van der Waals surface area contributed by atoms with E-state index in [1.54, 1.807) is 19.2 Å². The predicted octanol–water partition coefficient (Wildman–Crippen LogP) is 2.80. The first-order valence-corrected chi connectivity index (χ1v) is 7.34. The number of hydrogen-bond acceptors (Lipinski definition) is 3. The summed E-state index contributed by atoms with van der Waals surface area (Å²) in [5.74, 6) is 0.565. The van der Waals surface area contributed by atoms with Gasteiger partial charge in [0.05, 0.1) is 7.11 Å². The molecule has 1 aromatic carbocycles. The Morgan fingerprint density at radius 2 is 2.00 bits per heavy atom. The van der Waals surface area contributed by atoms with Crippen LogP contribution in [0.4, 0.5) is 4.39 Å². The molecule has 2 rings (SSSR count). The van der Waals surface area contributed by atoms with Crippen molar-refractivity contribution in [2.45, 2.75) is 44.3 Å². The maximum absolute atomic E-state index is 13.4. The summed E-state index contributed by atoms with van der Waals surface area (Å²) in [5, 5.41) is 3.35. The first kappa shape index (κ1) is 15.3. The Balaban J connectivity index is 1.97. The van der Waals surface area contributed by atoms with Gasteiger partial charge >= 0.3 is 0 Å². The maximum Gasteiger partial charge on any atom is 0.123 e. The van der Waals surface area contributed by atoms with Gasteiger partial charge < -0.3 is 10.1 Å². The summed E-state index contributed by atoms with van der Waals surface area (Å²) in [7, 11) is 5.79. The van der Waals surface area contributed by atoms with Gasteiger partial charge in [0.2, 0.25) is 0 Å². The Hall–Kier alpha value is -1.13. The van der Waals surface area contributed by atoms with Gasteiger partial charge in [0.15, 0.2) is 0 Å². The molecule has 0 bridgehead atoms. The molecule has 0 atom stereocenters. The summed E-state index contributed by atoms with van der Waals surface area (Å²) < 4.78 is 18.7. The molecule has 0 unspecified atom stereocenters. The van der Waals surface area contributed by atoms with Crippen LogP contribution in [-0.2, 0) is 6.54 Å². The van der Waals surface area contributed by atoms with Gasteiger partial charge in [-0.15, -0.1) is 0 Å². The zero-order valence-corrected chi connectivity index (χ0v) is 12.7. The molecule has 1 fully saturated rings. The monoisotopic (exact) mass is 280 g/mol. The topological polar surface area (TPSA) is 24.5 Å². The van der Waals surface area contributed by atoms with Crippen LogP contribution in [0.2, 0.25) is 0 Å². The zero-order chi connectivity index (χ0) is 14.5. The second-order valence-corrected chi connectivity index (χ2v) is 5.67. The van der Waals surface area contributed by atoms with E-state index in [9.17, 15) is 4.39 Å². The summed E-state index contributed by atoms with van der Waals surface area (Å²) in [4.78, 5) is 2.32. The second kappa shape index (κ2) is 7.04. The smallest absolute Gasteiger partial charge is 0.123 e. The van der Waals surface area contributed by atoms with Gasteiger partial charge in [-0.05, 0) is 58.0 Å². The van der Waals surface area contributed by atoms with Crippen molar-refractivity contribution in [3.8, 4) is 5.75 Å². The van der Waals surface area contributed by atoms with Gasteiger partial charge in [-0.2, -0.15) is 0 Å². The van der Waals surface area contributed by atoms with E-state index in [0.717, 1.165) is 17.9 Å². The zero-order valence-electron chi connectivity index (χ0n) is 12.7. The molecule has 0 aromatic heterocycles. The molecular formula is C16H25FN2O. The van der Waals surface area contributed by atoms with Crippen LogP contribution in [0.15, 0.2) is 18.2 Å². The van der Waals surface area contributed by atoms with Crippen LogP contribution in [0, 0.1) is 5.82 Å². The highest BCUT2D eigenvalue weighted by molar-refractivity contribution is 5.33. The van der Waals surface area contributed by atoms with E-state index in [4.69, 9.17) is 4.74 Å². The van der Waals surface area contributed by atoms with Crippen molar-refractivity contribution in [2.75, 3.05) is 21.2 Å². The average Bonchev–Trinajstić information content (AvgIpc) is 2.47. The third kappa shape index (κ3) is 3.70. The highest BCUT2D eigenvalue weighted by Gasteiger charge is 2.23. The molecule has 0 saturated heterocycles. The van der Waals surface area contributed by atoms with Crippen molar-refractivity contribution in [3.63, 3.8) is 0 Å². The van der Waals surface area contributed by atoms with Gasteiger partial charge in [0.25, 0.3) is 0 Å². The minimum atomic E-state index is -0.201. The van der Waals surface area contributed by atoms with Crippen LogP contribution in [0.1, 0.15) is 31.2 Å². The highest BCUT2D eigenvalue weighted by atomic mass is 19.1. The number of halogens is 1. The third-order valence-corrected chi connectivity index (χ3v) is 4.39. The van der Waals surface area contributed by atoms with E-state index in [0.29, 0.717) is 12.1 Å². The average molecular weight is 280 g/mol. The standard InChI is InChI=1S/C16H25FN2O/c1-18-14-5-7-15(8-6-14)19(2)11-12-10-13(17)4-9-16(12)20-3/h4,9-10,14-15,18H,5-8,11H2,1-3H3. The first-order chi connectivity index (χ1) is 9.63. The summed E-state index contributed by atoms with van der Waals surface area (Å²) >= 11 is 0. The summed E-state index contributed by atoms with van der Waals surface area (Å²) in [6.45, 7) is 0.732. The van der Waals surface area contributed by atoms with E-state index in [2.05, 4.69) is 17.3 Å². The van der Waals surface area contributed by atoms with Crippen molar-refractivity contribution in [2.24, 2.45) is 0 Å². The SMILES string of the molecule is CNC1CCC(N(C)Cc2cc(F)ccc2OC)CC1. The minimum Gasteiger partial charge on any atom is -0.496 e. The fourth-order valence-corrected chi connectivity index (χ4v) is 3.07. The lowest BCUT2D eigenvalue weighted by Gasteiger charge is -2.34. The predicted molar refractivity (Wildman–Crippen MR) is 79.5 cm³/mol. The van der Waals surface area contributed by atoms with Gasteiger partial charge in [-0.1, -0.05) is 0 Å². The molecule has 0 spiro atoms. The van der Waals surface area contributed by atoms with Crippen LogP contribution in [0.25, 0.3) is 0 Å². The number of methoxy groups -OCH3 is 1. The number of hydrogen-bond donors (Lipinski definition) is 1. The normalized spacial score (nSPS) is 23.1. The molecule has 1 aliphatic rings. The molecule has 4 heteroatoms. The molecule has 20 heavy (non-hydrogen) atoms. The Labute approximate surface area is 121 Å². The number of nitrogens with zero attached hydrogens (tertiary/aromatic N) is 1. The molecule has 0 aliphatic heterocycles. The molecule has 1 aliphatic carbocycles. The van der Waals surface area contributed by atoms with Crippen LogP contribution < -0.4 is 10.1 Å². The number of benzene rings is 1. The van der Waals surface area contributed by atoms with E-state index >= 15 is 0 Å². The number of rotatable bonds is 5. The fourth-order valence-electron chi connectivity index (χ4n) is 3.07. The number of ether oxygens (including phenoxy) is 1. The Morgan fingerprint density at radius 3 is 2.60 bits per heavy atom. The largest absolute Gasteiger partial charge is 0.496 e. The summed E-state index contributed by atoms with van der Waals surface area (Å²) in [6, 6.07) is 5.96. The third-order valence-electron chi connectivity index (χ3n) is 4.39. The van der Waals surface area contributed by atoms with Crippen molar-refractivity contribution in [1.82, 2.24) is 10.2 Å². The molecule has 1 saturated carbocycles. The van der Waals surface area contributed by atoms with Crippen molar-refractivity contribution >= 4 is 0 Å². The van der Waals surface area contributed by atoms with Crippen molar-refractivity contribution in [1.29, 1.82) is 0 Å². The van der Waals surface area contributed by atoms with Gasteiger partial charge in [0.1, 0.15) is 11.6 Å². The summed E-state index contributed by atoms with van der Waals surface area (Å²) in [6.07, 6.45) is 4.82. The Kier molecular flexibility index (Phi) is 5.38. The molecule has 1 aromatic rings. The molecule has 3 nitrogen and oxygen atoms in total. The van der Waals surface area contributed by atoms with Crippen LogP contribution in [-0.4, -0.2) is 38.2 Å². The van der Waals surface area contributed by atoms with Crippen molar-refractivity contribution < 1.29 is 9.13 Å². The van der Waals surface area contributed by atoms with Gasteiger partial charge in [-0.3, -0.25) is 4.90 Å². The van der Waals surface area contributed by atoms with Crippen LogP contribution >= 0.6 is 0 Å². The lowest BCUT2D eigenvalue weighted by atomic mass is 9.90. The van der Waals surface area contributed by atoms with Crippen LogP contribution in [0.3, 0.4) is 0 Å². The molecule has 0 heterocycles. The first-order valence-electron chi connectivity index (χ1n) is 7.34. The lowest BCUT2D eigenvalue weighted by Crippen LogP contribution is -2.39. The quantitative estimate of drug-likeness (QED) is 0.897. The molecule has 112 valence electrons. The van der Waals surface area contributed by atoms with Gasteiger partial charge in [-0.25, -0.2) is 4.39 Å².